The molecule has 18 atom stereocenters. The number of carbonyl (C=O) groups is 1. The van der Waals surface area contributed by atoms with E-state index in [2.05, 4.69) is 29.4 Å². The molecule has 0 bridgehead atoms. The van der Waals surface area contributed by atoms with Crippen LogP contribution in [-0.4, -0.2) is 165 Å². The van der Waals surface area contributed by atoms with E-state index >= 15 is 0 Å². The molecule has 0 aliphatic carbocycles. The van der Waals surface area contributed by atoms with Crippen molar-refractivity contribution >= 4 is 52.2 Å². The molecule has 374 valence electrons. The smallest absolute Gasteiger partial charge is 0.309 e. The molecule has 3 aliphatic rings. The average molecular weight is 978 g/mol. The summed E-state index contributed by atoms with van der Waals surface area (Å²) < 4.78 is 25.2. The van der Waals surface area contributed by atoms with Gasteiger partial charge in [0.25, 0.3) is 0 Å². The van der Waals surface area contributed by atoms with Crippen LogP contribution >= 0.6 is 35.4 Å². The lowest BCUT2D eigenvalue weighted by molar-refractivity contribution is -0.226. The highest BCUT2D eigenvalue weighted by Crippen LogP contribution is 2.47. The summed E-state index contributed by atoms with van der Waals surface area (Å²) >= 11 is 18.1. The first kappa shape index (κ1) is 56.2. The van der Waals surface area contributed by atoms with Gasteiger partial charge in [-0.15, -0.1) is 0 Å². The number of esters is 1. The van der Waals surface area contributed by atoms with Crippen LogP contribution in [0.2, 0.25) is 10.0 Å². The zero-order chi connectivity index (χ0) is 48.9. The zero-order valence-corrected chi connectivity index (χ0v) is 43.4. The number of benzene rings is 1. The molecule has 0 radical (unpaired) electrons. The third-order valence-electron chi connectivity index (χ3n) is 15.3. The van der Waals surface area contributed by atoms with Crippen molar-refractivity contribution in [2.45, 2.75) is 185 Å². The fourth-order valence-electron chi connectivity index (χ4n) is 11.0. The van der Waals surface area contributed by atoms with Gasteiger partial charge in [-0.2, -0.15) is 0 Å². The molecule has 3 fully saturated rings. The van der Waals surface area contributed by atoms with Gasteiger partial charge in [-0.3, -0.25) is 9.69 Å². The summed E-state index contributed by atoms with van der Waals surface area (Å²) in [5.74, 6) is -2.61. The summed E-state index contributed by atoms with van der Waals surface area (Å²) in [4.78, 5) is 18.3. The van der Waals surface area contributed by atoms with Crippen LogP contribution in [0.3, 0.4) is 0 Å². The van der Waals surface area contributed by atoms with Crippen LogP contribution < -0.4 is 10.6 Å². The van der Waals surface area contributed by atoms with Crippen molar-refractivity contribution in [1.29, 1.82) is 0 Å². The number of hydrogen-bond donors (Lipinski definition) is 7. The Hall–Kier alpha value is -1.44. The Morgan fingerprint density at radius 2 is 1.60 bits per heavy atom. The molecule has 0 amide bonds. The quantitative estimate of drug-likeness (QED) is 0.103. The van der Waals surface area contributed by atoms with Crippen molar-refractivity contribution in [3.8, 4) is 0 Å². The van der Waals surface area contributed by atoms with Crippen molar-refractivity contribution in [2.24, 2.45) is 29.6 Å². The summed E-state index contributed by atoms with van der Waals surface area (Å²) in [6.45, 7) is 19.8. The maximum Gasteiger partial charge on any atom is 0.309 e. The van der Waals surface area contributed by atoms with Crippen LogP contribution in [0.25, 0.3) is 0 Å². The number of methoxy groups -OCH3 is 1. The third-order valence-corrected chi connectivity index (χ3v) is 16.0. The molecular formula is C48H82Cl2N4O10S. The molecule has 17 heteroatoms. The Bertz CT molecular complexity index is 1700. The van der Waals surface area contributed by atoms with Gasteiger partial charge in [0, 0.05) is 67.4 Å². The second kappa shape index (κ2) is 23.4. The van der Waals surface area contributed by atoms with E-state index < -0.39 is 83.4 Å². The monoisotopic (exact) mass is 977 g/mol. The van der Waals surface area contributed by atoms with Crippen molar-refractivity contribution < 1.29 is 49.3 Å². The first-order chi connectivity index (χ1) is 30.2. The number of carbonyl (C=O) groups excluding carboxylic acids is 1. The average Bonchev–Trinajstić information content (AvgIpc) is 3.22. The number of rotatable bonds is 11. The Labute approximate surface area is 404 Å². The van der Waals surface area contributed by atoms with E-state index in [1.807, 2.05) is 67.5 Å². The molecule has 3 saturated heterocycles. The van der Waals surface area contributed by atoms with Gasteiger partial charge in [0.2, 0.25) is 0 Å². The predicted molar refractivity (Wildman–Crippen MR) is 260 cm³/mol. The van der Waals surface area contributed by atoms with Crippen LogP contribution in [0, 0.1) is 29.6 Å². The van der Waals surface area contributed by atoms with Gasteiger partial charge in [0.1, 0.15) is 23.9 Å². The molecule has 0 spiro atoms. The number of ether oxygens (including phenoxy) is 4. The molecule has 1 aromatic rings. The lowest BCUT2D eigenvalue weighted by atomic mass is 9.63. The molecule has 65 heavy (non-hydrogen) atoms. The van der Waals surface area contributed by atoms with E-state index in [4.69, 9.17) is 54.4 Å². The lowest BCUT2D eigenvalue weighted by Crippen LogP contribution is -2.60. The molecule has 0 unspecified atom stereocenters. The molecule has 0 saturated carbocycles. The highest BCUT2D eigenvalue weighted by Gasteiger charge is 2.53. The minimum absolute atomic E-state index is 0.0972. The Balaban J connectivity index is 1.82. The number of aliphatic hydroxyl groups excluding tert-OH is 3. The minimum Gasteiger partial charge on any atom is -0.459 e. The number of likely N-dealkylation sites (N-methyl/N-ethyl adjacent to an activating group) is 1. The van der Waals surface area contributed by atoms with Crippen LogP contribution in [0.4, 0.5) is 5.69 Å². The molecule has 7 N–H and O–H groups in total. The predicted octanol–water partition coefficient (Wildman–Crippen LogP) is 5.89. The van der Waals surface area contributed by atoms with E-state index in [1.165, 1.54) is 6.92 Å². The van der Waals surface area contributed by atoms with E-state index in [-0.39, 0.29) is 49.2 Å². The highest BCUT2D eigenvalue weighted by atomic mass is 35.5. The zero-order valence-electron chi connectivity index (χ0n) is 41.1. The summed E-state index contributed by atoms with van der Waals surface area (Å²) in [6.07, 6.45) is -4.11. The van der Waals surface area contributed by atoms with E-state index in [1.54, 1.807) is 25.3 Å². The standard InChI is InChI=1S/C48H82Cl2N4O10S/c1-14-40-47(10,59)42(56)31(7)54(16-15-51-45(65)52-35-19-33(49)18-34(50)20-35)25-26(2)22-48(60,24-39-41(55)38(53(11)12)17-27(3)62-39)37(29(5)28(4)30(6)44(58)64-40)21-36-23-46(9,61-13)43(57)32(8)63-36/h18-20,26-32,36-43,55-57,59-60H,14-17,21-25H2,1-13H3,(H2,51,52,65)/t26-,27+,28+,29+,30+,31+,32-,36+,37-,38-,39-,40-,41-,42+,43+,46+,47+,48-/m0/s1. The van der Waals surface area contributed by atoms with E-state index in [9.17, 15) is 30.3 Å². The molecule has 14 nitrogen and oxygen atoms in total. The highest BCUT2D eigenvalue weighted by molar-refractivity contribution is 7.80. The number of cyclic esters (lactones) is 1. The van der Waals surface area contributed by atoms with Crippen LogP contribution in [-0.2, 0) is 23.7 Å². The number of thiocarbonyl (C=S) groups is 1. The van der Waals surface area contributed by atoms with Crippen molar-refractivity contribution in [1.82, 2.24) is 15.1 Å². The van der Waals surface area contributed by atoms with Gasteiger partial charge in [-0.05, 0) is 128 Å². The summed E-state index contributed by atoms with van der Waals surface area (Å²) in [7, 11) is 5.46. The van der Waals surface area contributed by atoms with Gasteiger partial charge in [-0.25, -0.2) is 0 Å². The molecule has 4 rings (SSSR count). The molecule has 3 aliphatic heterocycles. The number of hydrogen-bond acceptors (Lipinski definition) is 13. The van der Waals surface area contributed by atoms with Crippen molar-refractivity contribution in [3.63, 3.8) is 0 Å². The second-order valence-electron chi connectivity index (χ2n) is 20.6. The van der Waals surface area contributed by atoms with Crippen LogP contribution in [0.1, 0.15) is 108 Å². The number of halogens is 2. The van der Waals surface area contributed by atoms with Gasteiger partial charge in [0.05, 0.1) is 47.6 Å². The number of aliphatic hydroxyl groups is 5. The van der Waals surface area contributed by atoms with Gasteiger partial charge < -0.3 is 60.0 Å². The van der Waals surface area contributed by atoms with Crippen molar-refractivity contribution in [2.75, 3.05) is 46.2 Å². The maximum atomic E-state index is 14.2. The molecule has 1 aromatic carbocycles. The fourth-order valence-corrected chi connectivity index (χ4v) is 11.8. The normalized spacial score (nSPS) is 41.9. The maximum absolute atomic E-state index is 14.2. The molecule has 0 aromatic heterocycles. The molecule has 3 heterocycles. The van der Waals surface area contributed by atoms with Gasteiger partial charge in [-0.1, -0.05) is 57.8 Å². The van der Waals surface area contributed by atoms with Crippen molar-refractivity contribution in [3.05, 3.63) is 28.2 Å². The topological polar surface area (TPSA) is 186 Å². The largest absolute Gasteiger partial charge is 0.459 e. The second-order valence-corrected chi connectivity index (χ2v) is 21.9. The number of nitrogens with one attached hydrogen (secondary N) is 2. The summed E-state index contributed by atoms with van der Waals surface area (Å²) in [5, 5.41) is 68.8. The Kier molecular flexibility index (Phi) is 20.3. The van der Waals surface area contributed by atoms with E-state index in [0.29, 0.717) is 59.7 Å². The van der Waals surface area contributed by atoms with Crippen LogP contribution in [0.5, 0.6) is 0 Å². The van der Waals surface area contributed by atoms with Gasteiger partial charge in [0.15, 0.2) is 5.11 Å². The number of anilines is 1. The minimum atomic E-state index is -1.83. The van der Waals surface area contributed by atoms with Crippen LogP contribution in [0.15, 0.2) is 18.2 Å². The third kappa shape index (κ3) is 13.9. The van der Waals surface area contributed by atoms with E-state index in [0.717, 1.165) is 0 Å². The van der Waals surface area contributed by atoms with Gasteiger partial charge >= 0.3 is 5.97 Å². The Morgan fingerprint density at radius 3 is 2.18 bits per heavy atom. The number of nitrogens with zero attached hydrogens (tertiary/aromatic N) is 2. The Morgan fingerprint density at radius 1 is 0.969 bits per heavy atom. The summed E-state index contributed by atoms with van der Waals surface area (Å²) in [5.41, 5.74) is -3.63. The fraction of sp³-hybridized carbons (Fsp3) is 0.833. The SMILES string of the molecule is CC[C@@H]1OC(=O)[C@H](C)[C@H](C)[C@@H](C)[C@H](C[C@@H]2C[C@@](C)(OC)[C@H](O)[C@H](C)O2)[C@@](O)(C[C@@H]2O[C@H](C)C[C@H](N(C)C)[C@@H]2O)C[C@H](C)CN(CCNC(=S)Nc2cc(Cl)cc(Cl)c2)[C@H](C)[C@@H](O)[C@]1(C)O. The first-order valence-electron chi connectivity index (χ1n) is 23.6. The lowest BCUT2D eigenvalue weighted by Gasteiger charge is -2.51. The molecular weight excluding hydrogens is 896 g/mol. The summed E-state index contributed by atoms with van der Waals surface area (Å²) in [6, 6.07) is 4.17. The first-order valence-corrected chi connectivity index (χ1v) is 24.8.